The van der Waals surface area contributed by atoms with Crippen LogP contribution in [0.3, 0.4) is 0 Å². The molecule has 1 aliphatic carbocycles. The highest BCUT2D eigenvalue weighted by Crippen LogP contribution is 2.34. The molecule has 3 aromatic rings. The average Bonchev–Trinajstić information content (AvgIpc) is 3.11. The van der Waals surface area contributed by atoms with Crippen molar-refractivity contribution in [2.75, 3.05) is 5.32 Å². The Labute approximate surface area is 128 Å². The zero-order valence-electron chi connectivity index (χ0n) is 11.8. The molecular weight excluding hydrogens is 308 g/mol. The van der Waals surface area contributed by atoms with E-state index in [1.54, 1.807) is 22.7 Å². The molecule has 0 aliphatic heterocycles. The van der Waals surface area contributed by atoms with E-state index in [0.717, 1.165) is 0 Å². The smallest absolute Gasteiger partial charge is 0.278 e. The molecule has 9 heteroatoms. The van der Waals surface area contributed by atoms with Gasteiger partial charge in [-0.1, -0.05) is 5.16 Å². The zero-order valence-corrected chi connectivity index (χ0v) is 11.8. The molecule has 0 unspecified atom stereocenters. The summed E-state index contributed by atoms with van der Waals surface area (Å²) in [6, 6.07) is 3.32. The molecule has 0 bridgehead atoms. The van der Waals surface area contributed by atoms with E-state index in [0.29, 0.717) is 17.1 Å². The van der Waals surface area contributed by atoms with Crippen molar-refractivity contribution in [3.8, 4) is 0 Å². The van der Waals surface area contributed by atoms with Crippen LogP contribution in [-0.2, 0) is 12.8 Å². The number of aromatic nitrogens is 4. The van der Waals surface area contributed by atoms with E-state index in [-0.39, 0.29) is 24.1 Å². The maximum absolute atomic E-state index is 13.6. The summed E-state index contributed by atoms with van der Waals surface area (Å²) in [5, 5.41) is 13.9. The van der Waals surface area contributed by atoms with Crippen molar-refractivity contribution < 1.29 is 18.1 Å². The molecule has 0 radical (unpaired) electrons. The van der Waals surface area contributed by atoms with Crippen molar-refractivity contribution in [1.29, 1.82) is 0 Å². The highest BCUT2D eigenvalue weighted by Gasteiger charge is 2.39. The molecule has 0 aromatic carbocycles. The lowest BCUT2D eigenvalue weighted by atomic mass is 9.93. The van der Waals surface area contributed by atoms with Gasteiger partial charge in [-0.25, -0.2) is 8.78 Å². The summed E-state index contributed by atoms with van der Waals surface area (Å²) in [7, 11) is 0. The predicted molar refractivity (Wildman–Crippen MR) is 74.4 cm³/mol. The van der Waals surface area contributed by atoms with Crippen molar-refractivity contribution in [3.05, 3.63) is 41.7 Å². The summed E-state index contributed by atoms with van der Waals surface area (Å²) >= 11 is 0. The Morgan fingerprint density at radius 1 is 1.39 bits per heavy atom. The first-order chi connectivity index (χ1) is 11.0. The summed E-state index contributed by atoms with van der Waals surface area (Å²) in [5.74, 6) is -3.06. The van der Waals surface area contributed by atoms with Gasteiger partial charge in [0.2, 0.25) is 0 Å². The number of halogens is 2. The lowest BCUT2D eigenvalue weighted by Crippen LogP contribution is -2.27. The molecule has 1 N–H and O–H groups in total. The second-order valence-electron chi connectivity index (χ2n) is 5.43. The van der Waals surface area contributed by atoms with Crippen molar-refractivity contribution >= 4 is 17.2 Å². The fourth-order valence-corrected chi connectivity index (χ4v) is 2.64. The largest absolute Gasteiger partial charge is 0.360 e. The van der Waals surface area contributed by atoms with Crippen LogP contribution in [0.15, 0.2) is 29.2 Å². The number of nitrogens with one attached hydrogen (secondary N) is 1. The number of hydrogen-bond acceptors (Lipinski definition) is 5. The van der Waals surface area contributed by atoms with Crippen LogP contribution in [0.4, 0.5) is 14.5 Å². The number of carbonyl (C=O) groups excluding carboxylic acids is 1. The minimum Gasteiger partial charge on any atom is -0.360 e. The number of amides is 1. The Morgan fingerprint density at radius 2 is 2.26 bits per heavy atom. The van der Waals surface area contributed by atoms with Crippen molar-refractivity contribution in [2.24, 2.45) is 0 Å². The van der Waals surface area contributed by atoms with Gasteiger partial charge in [0.1, 0.15) is 12.1 Å². The Kier molecular flexibility index (Phi) is 2.90. The third-order valence-corrected chi connectivity index (χ3v) is 3.79. The van der Waals surface area contributed by atoms with E-state index >= 15 is 0 Å². The highest BCUT2D eigenvalue weighted by atomic mass is 19.3. The van der Waals surface area contributed by atoms with Gasteiger partial charge in [0.25, 0.3) is 11.8 Å². The molecule has 0 saturated carbocycles. The van der Waals surface area contributed by atoms with Crippen molar-refractivity contribution in [2.45, 2.75) is 25.2 Å². The number of rotatable bonds is 2. The molecule has 0 saturated heterocycles. The number of pyridine rings is 1. The molecular formula is C14H11F2N5O2. The first-order valence-electron chi connectivity index (χ1n) is 6.98. The molecule has 23 heavy (non-hydrogen) atoms. The number of fused-ring (bicyclic) bond motifs is 2. The second kappa shape index (κ2) is 4.83. The summed E-state index contributed by atoms with van der Waals surface area (Å²) in [4.78, 5) is 12.3. The topological polar surface area (TPSA) is 85.3 Å². The Morgan fingerprint density at radius 3 is 3.13 bits per heavy atom. The van der Waals surface area contributed by atoms with Crippen LogP contribution >= 0.6 is 0 Å². The number of anilines is 1. The van der Waals surface area contributed by atoms with E-state index in [9.17, 15) is 13.6 Å². The van der Waals surface area contributed by atoms with Gasteiger partial charge in [0.05, 0.1) is 5.69 Å². The van der Waals surface area contributed by atoms with Crippen LogP contribution in [0.25, 0.3) is 5.65 Å². The van der Waals surface area contributed by atoms with Crippen LogP contribution < -0.4 is 5.32 Å². The molecule has 1 amide bonds. The van der Waals surface area contributed by atoms with E-state index in [1.807, 2.05) is 0 Å². The number of nitrogens with zero attached hydrogens (tertiary/aromatic N) is 4. The third-order valence-electron chi connectivity index (χ3n) is 3.79. The number of hydrogen-bond donors (Lipinski definition) is 1. The lowest BCUT2D eigenvalue weighted by molar-refractivity contribution is -0.0147. The Bertz CT molecular complexity index is 902. The molecule has 7 nitrogen and oxygen atoms in total. The van der Waals surface area contributed by atoms with E-state index in [4.69, 9.17) is 4.52 Å². The predicted octanol–water partition coefficient (Wildman–Crippen LogP) is 2.09. The SMILES string of the molecule is O=C(Nc1ccc2nncn2c1)c1noc2c1CC(F)(F)CC2. The summed E-state index contributed by atoms with van der Waals surface area (Å²) in [6.07, 6.45) is 2.37. The van der Waals surface area contributed by atoms with Crippen LogP contribution in [0.2, 0.25) is 0 Å². The van der Waals surface area contributed by atoms with Gasteiger partial charge < -0.3 is 9.84 Å². The first-order valence-corrected chi connectivity index (χ1v) is 6.98. The summed E-state index contributed by atoms with van der Waals surface area (Å²) in [6.45, 7) is 0. The minimum atomic E-state index is -2.84. The Hall–Kier alpha value is -2.84. The van der Waals surface area contributed by atoms with E-state index < -0.39 is 18.3 Å². The minimum absolute atomic E-state index is 0.0786. The maximum Gasteiger partial charge on any atom is 0.278 e. The van der Waals surface area contributed by atoms with Crippen LogP contribution in [0.5, 0.6) is 0 Å². The lowest BCUT2D eigenvalue weighted by Gasteiger charge is -2.20. The van der Waals surface area contributed by atoms with Gasteiger partial charge in [0, 0.05) is 31.0 Å². The van der Waals surface area contributed by atoms with Crippen molar-refractivity contribution in [1.82, 2.24) is 19.8 Å². The van der Waals surface area contributed by atoms with Crippen LogP contribution in [-0.4, -0.2) is 31.6 Å². The van der Waals surface area contributed by atoms with E-state index in [1.165, 1.54) is 6.33 Å². The maximum atomic E-state index is 13.6. The standard InChI is InChI=1S/C14H11F2N5O2/c15-14(16)4-3-10-9(5-14)12(20-23-10)13(22)18-8-1-2-11-19-17-7-21(11)6-8/h1-2,6-7H,3-5H2,(H,18,22). The summed E-state index contributed by atoms with van der Waals surface area (Å²) < 4.78 is 33.8. The molecule has 3 aromatic heterocycles. The molecule has 1 aliphatic rings. The van der Waals surface area contributed by atoms with Gasteiger partial charge in [-0.05, 0) is 12.1 Å². The van der Waals surface area contributed by atoms with Gasteiger partial charge >= 0.3 is 0 Å². The number of carbonyl (C=O) groups is 1. The third kappa shape index (κ3) is 2.43. The monoisotopic (exact) mass is 319 g/mol. The molecule has 118 valence electrons. The molecule has 4 rings (SSSR count). The van der Waals surface area contributed by atoms with Gasteiger partial charge in [-0.2, -0.15) is 0 Å². The molecule has 3 heterocycles. The molecule has 0 spiro atoms. The quantitative estimate of drug-likeness (QED) is 0.782. The van der Waals surface area contributed by atoms with Gasteiger partial charge in [-0.15, -0.1) is 10.2 Å². The van der Waals surface area contributed by atoms with Crippen molar-refractivity contribution in [3.63, 3.8) is 0 Å². The second-order valence-corrected chi connectivity index (χ2v) is 5.43. The highest BCUT2D eigenvalue weighted by molar-refractivity contribution is 6.04. The van der Waals surface area contributed by atoms with Gasteiger partial charge in [-0.3, -0.25) is 9.20 Å². The fourth-order valence-electron chi connectivity index (χ4n) is 2.64. The number of aryl methyl sites for hydroxylation is 1. The zero-order chi connectivity index (χ0) is 16.0. The molecule has 0 atom stereocenters. The summed E-state index contributed by atoms with van der Waals surface area (Å²) in [5.41, 5.74) is 1.19. The average molecular weight is 319 g/mol. The Balaban J connectivity index is 1.61. The first kappa shape index (κ1) is 13.8. The van der Waals surface area contributed by atoms with Gasteiger partial charge in [0.15, 0.2) is 11.3 Å². The molecule has 0 fully saturated rings. The van der Waals surface area contributed by atoms with E-state index in [2.05, 4.69) is 20.7 Å². The van der Waals surface area contributed by atoms with Crippen LogP contribution in [0, 0.1) is 0 Å². The number of alkyl halides is 2. The van der Waals surface area contributed by atoms with Crippen LogP contribution in [0.1, 0.15) is 28.2 Å². The normalized spacial score (nSPS) is 16.3. The fraction of sp³-hybridized carbons (Fsp3) is 0.286.